The average Bonchev–Trinajstić information content (AvgIpc) is 3.14. The van der Waals surface area contributed by atoms with E-state index < -0.39 is 24.0 Å². The SMILES string of the molecule is CCNC(=O)Nc1ccccc1CC[C@@H]1CO[C@H](CCc2ccccc2NC(=O)[C@H](C(c2ccccc2)c2ccccc2)N(C)C(=O)O)CN1. The molecule has 1 aliphatic heterocycles. The number of nitrogens with one attached hydrogen (secondary N) is 4. The average molecular weight is 678 g/mol. The van der Waals surface area contributed by atoms with Crippen LogP contribution in [0.1, 0.15) is 47.9 Å². The van der Waals surface area contributed by atoms with E-state index in [1.54, 1.807) is 0 Å². The minimum atomic E-state index is -1.18. The monoisotopic (exact) mass is 677 g/mol. The van der Waals surface area contributed by atoms with E-state index in [4.69, 9.17) is 4.74 Å². The van der Waals surface area contributed by atoms with Crippen molar-refractivity contribution in [3.8, 4) is 0 Å². The molecule has 262 valence electrons. The molecule has 0 spiro atoms. The molecule has 0 saturated carbocycles. The molecule has 1 aliphatic rings. The van der Waals surface area contributed by atoms with E-state index in [1.165, 1.54) is 7.05 Å². The van der Waals surface area contributed by atoms with Crippen molar-refractivity contribution in [3.05, 3.63) is 131 Å². The van der Waals surface area contributed by atoms with Crippen LogP contribution in [0.5, 0.6) is 0 Å². The standard InChI is InChI=1S/C40H47N5O5/c1-3-41-39(47)44-35-21-13-11-14-28(35)22-24-32-27-50-33(26-42-32)25-23-29-15-10-12-20-34(29)43-38(46)37(45(2)40(48)49)36(30-16-6-4-7-17-30)31-18-8-5-9-19-31/h4-21,32-33,36-37,42H,3,22-27H2,1-2H3,(H,43,46)(H,48,49)(H2,41,44,47)/t32-,33-,37+/m1/s1. The Balaban J connectivity index is 1.20. The number of nitrogens with zero attached hydrogens (tertiary/aromatic N) is 1. The number of morpholine rings is 1. The van der Waals surface area contributed by atoms with Crippen LogP contribution in [0.2, 0.25) is 0 Å². The first kappa shape index (κ1) is 36.1. The molecule has 0 radical (unpaired) electrons. The minimum Gasteiger partial charge on any atom is -0.465 e. The summed E-state index contributed by atoms with van der Waals surface area (Å²) in [7, 11) is 1.44. The van der Waals surface area contributed by atoms with Crippen molar-refractivity contribution in [3.63, 3.8) is 0 Å². The number of anilines is 2. The molecule has 4 aromatic rings. The van der Waals surface area contributed by atoms with Crippen molar-refractivity contribution in [1.82, 2.24) is 15.5 Å². The smallest absolute Gasteiger partial charge is 0.407 e. The lowest BCUT2D eigenvalue weighted by atomic mass is 9.84. The summed E-state index contributed by atoms with van der Waals surface area (Å²) >= 11 is 0. The third-order valence-electron chi connectivity index (χ3n) is 9.16. The Kier molecular flexibility index (Phi) is 13.0. The van der Waals surface area contributed by atoms with Gasteiger partial charge in [0.1, 0.15) is 6.04 Å². The molecule has 0 aromatic heterocycles. The maximum absolute atomic E-state index is 14.1. The number of hydrogen-bond acceptors (Lipinski definition) is 5. The number of ether oxygens (including phenoxy) is 1. The van der Waals surface area contributed by atoms with E-state index in [1.807, 2.05) is 116 Å². The highest BCUT2D eigenvalue weighted by atomic mass is 16.5. The molecule has 5 N–H and O–H groups in total. The summed E-state index contributed by atoms with van der Waals surface area (Å²) in [4.78, 5) is 39.6. The Morgan fingerprint density at radius 3 is 1.88 bits per heavy atom. The number of amides is 4. The van der Waals surface area contributed by atoms with Gasteiger partial charge in [-0.2, -0.15) is 0 Å². The predicted molar refractivity (Wildman–Crippen MR) is 197 cm³/mol. The molecule has 0 aliphatic carbocycles. The van der Waals surface area contributed by atoms with Crippen LogP contribution in [-0.4, -0.2) is 73.0 Å². The van der Waals surface area contributed by atoms with Crippen molar-refractivity contribution < 1.29 is 24.2 Å². The third kappa shape index (κ3) is 9.71. The molecule has 1 fully saturated rings. The van der Waals surface area contributed by atoms with Gasteiger partial charge in [0.25, 0.3) is 0 Å². The number of hydrogen-bond donors (Lipinski definition) is 5. The van der Waals surface area contributed by atoms with Crippen molar-refractivity contribution in [2.75, 3.05) is 37.4 Å². The maximum atomic E-state index is 14.1. The van der Waals surface area contributed by atoms with Gasteiger partial charge in [0.2, 0.25) is 5.91 Å². The summed E-state index contributed by atoms with van der Waals surface area (Å²) in [6, 6.07) is 33.6. The third-order valence-corrected chi connectivity index (χ3v) is 9.16. The van der Waals surface area contributed by atoms with E-state index in [2.05, 4.69) is 21.3 Å². The molecule has 1 heterocycles. The normalized spacial score (nSPS) is 16.3. The zero-order valence-electron chi connectivity index (χ0n) is 28.7. The van der Waals surface area contributed by atoms with Crippen LogP contribution in [0.15, 0.2) is 109 Å². The first-order valence-electron chi connectivity index (χ1n) is 17.3. The molecule has 50 heavy (non-hydrogen) atoms. The molecule has 0 bridgehead atoms. The van der Waals surface area contributed by atoms with Crippen LogP contribution >= 0.6 is 0 Å². The van der Waals surface area contributed by atoms with Gasteiger partial charge in [0.05, 0.1) is 12.7 Å². The number of carbonyl (C=O) groups is 3. The predicted octanol–water partition coefficient (Wildman–Crippen LogP) is 6.50. The van der Waals surface area contributed by atoms with Crippen molar-refractivity contribution in [2.24, 2.45) is 0 Å². The molecular formula is C40H47N5O5. The van der Waals surface area contributed by atoms with Gasteiger partial charge in [-0.05, 0) is 67.0 Å². The highest BCUT2D eigenvalue weighted by molar-refractivity contribution is 5.98. The Morgan fingerprint density at radius 1 is 0.800 bits per heavy atom. The van der Waals surface area contributed by atoms with Crippen LogP contribution in [0.25, 0.3) is 0 Å². The number of urea groups is 1. The number of para-hydroxylation sites is 2. The zero-order chi connectivity index (χ0) is 35.3. The second kappa shape index (κ2) is 18.0. The number of aryl methyl sites for hydroxylation is 2. The van der Waals surface area contributed by atoms with Crippen LogP contribution in [0.3, 0.4) is 0 Å². The topological polar surface area (TPSA) is 132 Å². The fourth-order valence-corrected chi connectivity index (χ4v) is 6.49. The van der Waals surface area contributed by atoms with Crippen LogP contribution < -0.4 is 21.3 Å². The molecule has 3 atom stereocenters. The molecule has 1 saturated heterocycles. The Hall–Kier alpha value is -5.19. The first-order chi connectivity index (χ1) is 24.3. The summed E-state index contributed by atoms with van der Waals surface area (Å²) in [5, 5.41) is 22.5. The first-order valence-corrected chi connectivity index (χ1v) is 17.3. The van der Waals surface area contributed by atoms with Gasteiger partial charge in [-0.15, -0.1) is 0 Å². The van der Waals surface area contributed by atoms with E-state index in [-0.39, 0.29) is 18.2 Å². The fraction of sp³-hybridized carbons (Fsp3) is 0.325. The van der Waals surface area contributed by atoms with Gasteiger partial charge in [-0.25, -0.2) is 9.59 Å². The van der Waals surface area contributed by atoms with E-state index in [0.29, 0.717) is 31.8 Å². The number of likely N-dealkylation sites (N-methyl/N-ethyl adjacent to an activating group) is 1. The second-order valence-electron chi connectivity index (χ2n) is 12.6. The summed E-state index contributed by atoms with van der Waals surface area (Å²) in [5.74, 6) is -0.924. The Bertz CT molecular complexity index is 1660. The lowest BCUT2D eigenvalue weighted by molar-refractivity contribution is -0.120. The van der Waals surface area contributed by atoms with Crippen molar-refractivity contribution in [2.45, 2.75) is 56.7 Å². The quantitative estimate of drug-likeness (QED) is 0.104. The van der Waals surface area contributed by atoms with Gasteiger partial charge in [0.15, 0.2) is 0 Å². The van der Waals surface area contributed by atoms with Crippen LogP contribution in [0, 0.1) is 0 Å². The highest BCUT2D eigenvalue weighted by Gasteiger charge is 2.37. The van der Waals surface area contributed by atoms with E-state index >= 15 is 0 Å². The molecule has 10 nitrogen and oxygen atoms in total. The molecule has 4 amide bonds. The largest absolute Gasteiger partial charge is 0.465 e. The summed E-state index contributed by atoms with van der Waals surface area (Å²) < 4.78 is 6.27. The van der Waals surface area contributed by atoms with E-state index in [9.17, 15) is 19.5 Å². The summed E-state index contributed by atoms with van der Waals surface area (Å²) in [6.07, 6.45) is 1.92. The zero-order valence-corrected chi connectivity index (χ0v) is 28.7. The summed E-state index contributed by atoms with van der Waals surface area (Å²) in [5.41, 5.74) is 5.20. The van der Waals surface area contributed by atoms with Crippen LogP contribution in [0.4, 0.5) is 21.0 Å². The second-order valence-corrected chi connectivity index (χ2v) is 12.6. The maximum Gasteiger partial charge on any atom is 0.407 e. The van der Waals surface area contributed by atoms with Crippen LogP contribution in [-0.2, 0) is 22.4 Å². The molecular weight excluding hydrogens is 630 g/mol. The Morgan fingerprint density at radius 2 is 1.34 bits per heavy atom. The lowest BCUT2D eigenvalue weighted by Crippen LogP contribution is -2.48. The Labute approximate surface area is 294 Å². The number of benzene rings is 4. The van der Waals surface area contributed by atoms with Gasteiger partial charge >= 0.3 is 12.1 Å². The number of rotatable bonds is 14. The van der Waals surface area contributed by atoms with Crippen molar-refractivity contribution in [1.29, 1.82) is 0 Å². The van der Waals surface area contributed by atoms with Gasteiger partial charge in [-0.3, -0.25) is 9.69 Å². The minimum absolute atomic E-state index is 0.00753. The van der Waals surface area contributed by atoms with Gasteiger partial charge in [0, 0.05) is 43.5 Å². The molecule has 10 heteroatoms. The lowest BCUT2D eigenvalue weighted by Gasteiger charge is -2.33. The summed E-state index contributed by atoms with van der Waals surface area (Å²) in [6.45, 7) is 3.74. The number of carboxylic acid groups (broad SMARTS) is 1. The van der Waals surface area contributed by atoms with Crippen molar-refractivity contribution >= 4 is 29.4 Å². The molecule has 4 aromatic carbocycles. The fourth-order valence-electron chi connectivity index (χ4n) is 6.49. The number of carbonyl (C=O) groups excluding carboxylic acids is 2. The molecule has 0 unspecified atom stereocenters. The van der Waals surface area contributed by atoms with Gasteiger partial charge in [-0.1, -0.05) is 97.1 Å². The van der Waals surface area contributed by atoms with Gasteiger partial charge < -0.3 is 31.1 Å². The molecule has 5 rings (SSSR count). The van der Waals surface area contributed by atoms with E-state index in [0.717, 1.165) is 52.1 Å². The highest BCUT2D eigenvalue weighted by Crippen LogP contribution is 2.32.